The molecule has 1 unspecified atom stereocenters. The number of hydrogen-bond donors (Lipinski definition) is 1. The topological polar surface area (TPSA) is 80.6 Å². The molecule has 6 nitrogen and oxygen atoms in total. The van der Waals surface area contributed by atoms with Crippen LogP contribution in [0.2, 0.25) is 0 Å². The second-order valence-electron chi connectivity index (χ2n) is 5.73. The van der Waals surface area contributed by atoms with E-state index in [4.69, 9.17) is 14.2 Å². The minimum absolute atomic E-state index is 0.00334. The molecule has 0 fully saturated rings. The number of carbonyl (C=O) groups excluding carboxylic acids is 1. The van der Waals surface area contributed by atoms with Crippen LogP contribution in [0, 0.1) is 17.2 Å². The molecular formula is C17H24N2O4. The third kappa shape index (κ3) is 4.28. The van der Waals surface area contributed by atoms with Crippen LogP contribution in [0.1, 0.15) is 26.3 Å². The lowest BCUT2D eigenvalue weighted by Gasteiger charge is -2.27. The normalized spacial score (nSPS) is 13.0. The molecular weight excluding hydrogens is 296 g/mol. The molecule has 0 saturated heterocycles. The zero-order chi connectivity index (χ0) is 17.6. The van der Waals surface area contributed by atoms with Crippen molar-refractivity contribution in [3.8, 4) is 23.3 Å². The summed E-state index contributed by atoms with van der Waals surface area (Å²) < 4.78 is 15.8. The zero-order valence-electron chi connectivity index (χ0n) is 14.5. The van der Waals surface area contributed by atoms with Gasteiger partial charge < -0.3 is 19.5 Å². The maximum Gasteiger partial charge on any atom is 0.225 e. The highest BCUT2D eigenvalue weighted by Gasteiger charge is 2.30. The first kappa shape index (κ1) is 18.6. The average Bonchev–Trinajstić information content (AvgIpc) is 2.53. The SMILES string of the molecule is COc1cc(CC(=O)NC(C)(C#N)C(C)C)cc(OC)c1OC. The van der Waals surface area contributed by atoms with E-state index in [9.17, 15) is 10.1 Å². The van der Waals surface area contributed by atoms with Crippen molar-refractivity contribution in [3.05, 3.63) is 17.7 Å². The van der Waals surface area contributed by atoms with Crippen LogP contribution in [0.5, 0.6) is 17.2 Å². The van der Waals surface area contributed by atoms with Gasteiger partial charge in [0.25, 0.3) is 0 Å². The van der Waals surface area contributed by atoms with E-state index in [0.29, 0.717) is 22.8 Å². The second-order valence-corrected chi connectivity index (χ2v) is 5.73. The fourth-order valence-electron chi connectivity index (χ4n) is 2.06. The number of nitrogens with one attached hydrogen (secondary N) is 1. The first-order valence-electron chi connectivity index (χ1n) is 7.32. The van der Waals surface area contributed by atoms with Crippen LogP contribution in [0.25, 0.3) is 0 Å². The zero-order valence-corrected chi connectivity index (χ0v) is 14.5. The lowest BCUT2D eigenvalue weighted by molar-refractivity contribution is -0.122. The van der Waals surface area contributed by atoms with E-state index in [2.05, 4.69) is 11.4 Å². The standard InChI is InChI=1S/C17H24N2O4/c1-11(2)17(3,10-18)19-15(20)9-12-7-13(21-4)16(23-6)14(8-12)22-5/h7-8,11H,9H2,1-6H3,(H,19,20). The number of benzene rings is 1. The fourth-order valence-corrected chi connectivity index (χ4v) is 2.06. The molecule has 0 aliphatic rings. The van der Waals surface area contributed by atoms with Gasteiger partial charge in [-0.1, -0.05) is 13.8 Å². The van der Waals surface area contributed by atoms with Gasteiger partial charge in [-0.15, -0.1) is 0 Å². The highest BCUT2D eigenvalue weighted by atomic mass is 16.5. The summed E-state index contributed by atoms with van der Waals surface area (Å²) in [4.78, 5) is 12.3. The molecule has 0 aromatic heterocycles. The van der Waals surface area contributed by atoms with Crippen molar-refractivity contribution in [1.82, 2.24) is 5.32 Å². The summed E-state index contributed by atoms with van der Waals surface area (Å²) in [5, 5.41) is 12.1. The average molecular weight is 320 g/mol. The Morgan fingerprint density at radius 3 is 2.09 bits per heavy atom. The lowest BCUT2D eigenvalue weighted by Crippen LogP contribution is -2.49. The Hall–Kier alpha value is -2.42. The molecule has 1 aromatic rings. The van der Waals surface area contributed by atoms with Crippen molar-refractivity contribution < 1.29 is 19.0 Å². The van der Waals surface area contributed by atoms with E-state index >= 15 is 0 Å². The first-order valence-corrected chi connectivity index (χ1v) is 7.32. The number of rotatable bonds is 7. The summed E-state index contributed by atoms with van der Waals surface area (Å²) in [6, 6.07) is 5.60. The molecule has 0 saturated carbocycles. The van der Waals surface area contributed by atoms with E-state index in [1.54, 1.807) is 19.1 Å². The number of hydrogen-bond acceptors (Lipinski definition) is 5. The highest BCUT2D eigenvalue weighted by Crippen LogP contribution is 2.38. The summed E-state index contributed by atoms with van der Waals surface area (Å²) in [7, 11) is 4.56. The van der Waals surface area contributed by atoms with Crippen molar-refractivity contribution in [2.45, 2.75) is 32.7 Å². The fraction of sp³-hybridized carbons (Fsp3) is 0.529. The molecule has 6 heteroatoms. The number of carbonyl (C=O) groups is 1. The van der Waals surface area contributed by atoms with Gasteiger partial charge in [-0.2, -0.15) is 5.26 Å². The van der Waals surface area contributed by atoms with Crippen LogP contribution in [0.3, 0.4) is 0 Å². The Kier molecular flexibility index (Phi) is 6.26. The van der Waals surface area contributed by atoms with Gasteiger partial charge in [0.1, 0.15) is 5.54 Å². The molecule has 0 bridgehead atoms. The van der Waals surface area contributed by atoms with E-state index < -0.39 is 5.54 Å². The Balaban J connectivity index is 3.01. The molecule has 1 amide bonds. The van der Waals surface area contributed by atoms with Crippen LogP contribution in [0.15, 0.2) is 12.1 Å². The first-order chi connectivity index (χ1) is 10.8. The van der Waals surface area contributed by atoms with Crippen LogP contribution in [0.4, 0.5) is 0 Å². The summed E-state index contributed by atoms with van der Waals surface area (Å²) >= 11 is 0. The molecule has 0 heterocycles. The van der Waals surface area contributed by atoms with E-state index in [1.807, 2.05) is 13.8 Å². The largest absolute Gasteiger partial charge is 0.493 e. The number of nitrogens with zero attached hydrogens (tertiary/aromatic N) is 1. The molecule has 1 aromatic carbocycles. The molecule has 0 spiro atoms. The lowest BCUT2D eigenvalue weighted by atomic mass is 9.90. The van der Waals surface area contributed by atoms with Gasteiger partial charge in [0.05, 0.1) is 33.8 Å². The van der Waals surface area contributed by atoms with Crippen molar-refractivity contribution in [3.63, 3.8) is 0 Å². The Morgan fingerprint density at radius 1 is 1.22 bits per heavy atom. The second kappa shape index (κ2) is 7.73. The summed E-state index contributed by atoms with van der Waals surface area (Å²) in [6.45, 7) is 5.50. The summed E-state index contributed by atoms with van der Waals surface area (Å²) in [5.41, 5.74) is -0.196. The summed E-state index contributed by atoms with van der Waals surface area (Å²) in [6.07, 6.45) is 0.112. The number of ether oxygens (including phenoxy) is 3. The molecule has 126 valence electrons. The Labute approximate surface area is 137 Å². The molecule has 23 heavy (non-hydrogen) atoms. The minimum atomic E-state index is -0.905. The smallest absolute Gasteiger partial charge is 0.225 e. The van der Waals surface area contributed by atoms with Gasteiger partial charge >= 0.3 is 0 Å². The minimum Gasteiger partial charge on any atom is -0.493 e. The highest BCUT2D eigenvalue weighted by molar-refractivity contribution is 5.80. The molecule has 1 rings (SSSR count). The predicted octanol–water partition coefficient (Wildman–Crippen LogP) is 2.31. The third-order valence-corrected chi connectivity index (χ3v) is 3.88. The van der Waals surface area contributed by atoms with Gasteiger partial charge in [-0.05, 0) is 30.5 Å². The molecule has 0 radical (unpaired) electrons. The third-order valence-electron chi connectivity index (χ3n) is 3.88. The van der Waals surface area contributed by atoms with Gasteiger partial charge in [0, 0.05) is 0 Å². The van der Waals surface area contributed by atoms with Gasteiger partial charge in [0.2, 0.25) is 11.7 Å². The van der Waals surface area contributed by atoms with Crippen molar-refractivity contribution >= 4 is 5.91 Å². The van der Waals surface area contributed by atoms with E-state index in [-0.39, 0.29) is 18.2 Å². The van der Waals surface area contributed by atoms with Gasteiger partial charge in [0.15, 0.2) is 11.5 Å². The molecule has 0 aliphatic heterocycles. The Bertz CT molecular complexity index is 582. The number of nitriles is 1. The van der Waals surface area contributed by atoms with Gasteiger partial charge in [-0.25, -0.2) is 0 Å². The number of amides is 1. The van der Waals surface area contributed by atoms with Crippen LogP contribution in [-0.4, -0.2) is 32.8 Å². The molecule has 1 atom stereocenters. The predicted molar refractivity (Wildman–Crippen MR) is 86.8 cm³/mol. The van der Waals surface area contributed by atoms with Crippen LogP contribution in [-0.2, 0) is 11.2 Å². The van der Waals surface area contributed by atoms with Crippen molar-refractivity contribution in [2.24, 2.45) is 5.92 Å². The molecule has 1 N–H and O–H groups in total. The van der Waals surface area contributed by atoms with Crippen LogP contribution < -0.4 is 19.5 Å². The van der Waals surface area contributed by atoms with Crippen molar-refractivity contribution in [2.75, 3.05) is 21.3 Å². The van der Waals surface area contributed by atoms with Crippen molar-refractivity contribution in [1.29, 1.82) is 5.26 Å². The summed E-state index contributed by atoms with van der Waals surface area (Å²) in [5.74, 6) is 1.21. The maximum atomic E-state index is 12.3. The van der Waals surface area contributed by atoms with E-state index in [0.717, 1.165) is 0 Å². The Morgan fingerprint density at radius 2 is 1.74 bits per heavy atom. The van der Waals surface area contributed by atoms with E-state index in [1.165, 1.54) is 21.3 Å². The van der Waals surface area contributed by atoms with Gasteiger partial charge in [-0.3, -0.25) is 4.79 Å². The molecule has 0 aliphatic carbocycles. The quantitative estimate of drug-likeness (QED) is 0.834. The van der Waals surface area contributed by atoms with Crippen LogP contribution >= 0.6 is 0 Å². The number of methoxy groups -OCH3 is 3. The maximum absolute atomic E-state index is 12.3. The monoisotopic (exact) mass is 320 g/mol.